The van der Waals surface area contributed by atoms with Gasteiger partial charge in [-0.25, -0.2) is 4.39 Å². The average Bonchev–Trinajstić information content (AvgIpc) is 2.36. The summed E-state index contributed by atoms with van der Waals surface area (Å²) in [7, 11) is 1.77. The van der Waals surface area contributed by atoms with Gasteiger partial charge in [-0.3, -0.25) is 4.90 Å². The molecule has 0 radical (unpaired) electrons. The summed E-state index contributed by atoms with van der Waals surface area (Å²) in [6, 6.07) is 6.07. The van der Waals surface area contributed by atoms with E-state index in [-0.39, 0.29) is 24.4 Å². The summed E-state index contributed by atoms with van der Waals surface area (Å²) in [6.07, 6.45) is -4.21. The van der Waals surface area contributed by atoms with E-state index in [2.05, 4.69) is 5.32 Å². The standard InChI is InChI=1S/C14H20F4N2/c1-10(8-19-9-14(16,17)18)20(3)11(2)12-6-4-5-7-13(12)15/h4-7,10-11,19H,8-9H2,1-3H3. The highest BCUT2D eigenvalue weighted by Crippen LogP contribution is 2.23. The molecule has 1 aromatic rings. The van der Waals surface area contributed by atoms with Crippen LogP contribution in [0.4, 0.5) is 17.6 Å². The molecule has 0 saturated carbocycles. The van der Waals surface area contributed by atoms with Crippen molar-refractivity contribution in [2.75, 3.05) is 20.1 Å². The van der Waals surface area contributed by atoms with E-state index < -0.39 is 12.7 Å². The van der Waals surface area contributed by atoms with Crippen LogP contribution in [0.2, 0.25) is 0 Å². The Morgan fingerprint density at radius 3 is 2.35 bits per heavy atom. The second-order valence-corrected chi connectivity index (χ2v) is 4.96. The van der Waals surface area contributed by atoms with E-state index in [1.165, 1.54) is 6.07 Å². The van der Waals surface area contributed by atoms with Crippen molar-refractivity contribution in [1.29, 1.82) is 0 Å². The number of nitrogens with zero attached hydrogens (tertiary/aromatic N) is 1. The van der Waals surface area contributed by atoms with E-state index in [1.54, 1.807) is 32.2 Å². The lowest BCUT2D eigenvalue weighted by Gasteiger charge is -2.31. The zero-order valence-electron chi connectivity index (χ0n) is 11.8. The predicted molar refractivity (Wildman–Crippen MR) is 71.0 cm³/mol. The Morgan fingerprint density at radius 1 is 1.20 bits per heavy atom. The Kier molecular flexibility index (Phi) is 5.95. The topological polar surface area (TPSA) is 15.3 Å². The number of nitrogens with one attached hydrogen (secondary N) is 1. The fourth-order valence-corrected chi connectivity index (χ4v) is 1.98. The van der Waals surface area contributed by atoms with Crippen molar-refractivity contribution in [2.45, 2.75) is 32.1 Å². The minimum atomic E-state index is -4.21. The number of alkyl halides is 3. The van der Waals surface area contributed by atoms with Gasteiger partial charge in [-0.15, -0.1) is 0 Å². The molecule has 0 spiro atoms. The van der Waals surface area contributed by atoms with Gasteiger partial charge in [0.25, 0.3) is 0 Å². The summed E-state index contributed by atoms with van der Waals surface area (Å²) in [5.74, 6) is -0.303. The van der Waals surface area contributed by atoms with Gasteiger partial charge in [0, 0.05) is 24.2 Å². The van der Waals surface area contributed by atoms with Crippen LogP contribution in [0, 0.1) is 5.82 Å². The maximum Gasteiger partial charge on any atom is 0.401 e. The molecule has 0 amide bonds. The fraction of sp³-hybridized carbons (Fsp3) is 0.571. The molecule has 0 aliphatic heterocycles. The molecule has 0 fully saturated rings. The molecule has 2 atom stereocenters. The molecule has 20 heavy (non-hydrogen) atoms. The normalized spacial score (nSPS) is 15.4. The molecule has 0 bridgehead atoms. The van der Waals surface area contributed by atoms with E-state index in [0.29, 0.717) is 5.56 Å². The number of rotatable bonds is 6. The first-order valence-corrected chi connectivity index (χ1v) is 6.46. The first-order chi connectivity index (χ1) is 9.22. The second kappa shape index (κ2) is 7.04. The van der Waals surface area contributed by atoms with Crippen LogP contribution in [0.1, 0.15) is 25.5 Å². The molecule has 1 aromatic carbocycles. The van der Waals surface area contributed by atoms with Crippen LogP contribution in [-0.4, -0.2) is 37.3 Å². The van der Waals surface area contributed by atoms with Crippen LogP contribution >= 0.6 is 0 Å². The summed E-state index contributed by atoms with van der Waals surface area (Å²) in [4.78, 5) is 1.85. The molecular weight excluding hydrogens is 272 g/mol. The predicted octanol–water partition coefficient (Wildman–Crippen LogP) is 3.36. The molecule has 1 rings (SSSR count). The lowest BCUT2D eigenvalue weighted by atomic mass is 10.1. The zero-order valence-corrected chi connectivity index (χ0v) is 11.8. The molecule has 2 unspecified atom stereocenters. The monoisotopic (exact) mass is 292 g/mol. The molecule has 0 heterocycles. The largest absolute Gasteiger partial charge is 0.401 e. The van der Waals surface area contributed by atoms with Crippen LogP contribution in [-0.2, 0) is 0 Å². The third-order valence-corrected chi connectivity index (χ3v) is 3.43. The number of likely N-dealkylation sites (N-methyl/N-ethyl adjacent to an activating group) is 1. The minimum Gasteiger partial charge on any atom is -0.307 e. The average molecular weight is 292 g/mol. The lowest BCUT2D eigenvalue weighted by Crippen LogP contribution is -2.42. The Labute approximate surface area is 116 Å². The van der Waals surface area contributed by atoms with E-state index in [0.717, 1.165) is 0 Å². The van der Waals surface area contributed by atoms with Gasteiger partial charge in [-0.1, -0.05) is 18.2 Å². The minimum absolute atomic E-state index is 0.146. The molecule has 0 aromatic heterocycles. The molecule has 0 aliphatic carbocycles. The molecule has 114 valence electrons. The van der Waals surface area contributed by atoms with Crippen LogP contribution in [0.5, 0.6) is 0 Å². The van der Waals surface area contributed by atoms with Gasteiger partial charge in [0.1, 0.15) is 5.82 Å². The maximum atomic E-state index is 13.7. The van der Waals surface area contributed by atoms with E-state index >= 15 is 0 Å². The van der Waals surface area contributed by atoms with E-state index in [9.17, 15) is 17.6 Å². The molecular formula is C14H20F4N2. The van der Waals surface area contributed by atoms with Gasteiger partial charge < -0.3 is 5.32 Å². The fourth-order valence-electron chi connectivity index (χ4n) is 1.98. The highest BCUT2D eigenvalue weighted by molar-refractivity contribution is 5.20. The molecule has 1 N–H and O–H groups in total. The van der Waals surface area contributed by atoms with Gasteiger partial charge in [-0.05, 0) is 27.0 Å². The summed E-state index contributed by atoms with van der Waals surface area (Å²) in [5, 5.41) is 2.37. The van der Waals surface area contributed by atoms with Gasteiger partial charge in [0.2, 0.25) is 0 Å². The van der Waals surface area contributed by atoms with Crippen molar-refractivity contribution in [1.82, 2.24) is 10.2 Å². The third kappa shape index (κ3) is 5.09. The zero-order chi connectivity index (χ0) is 15.3. The Morgan fingerprint density at radius 2 is 1.80 bits per heavy atom. The SMILES string of the molecule is CC(CNCC(F)(F)F)N(C)C(C)c1ccccc1F. The van der Waals surface area contributed by atoms with Crippen molar-refractivity contribution in [3.8, 4) is 0 Å². The first kappa shape index (κ1) is 16.9. The van der Waals surface area contributed by atoms with Crippen LogP contribution in [0.15, 0.2) is 24.3 Å². The molecule has 2 nitrogen and oxygen atoms in total. The number of halogens is 4. The second-order valence-electron chi connectivity index (χ2n) is 4.96. The Balaban J connectivity index is 2.56. The number of hydrogen-bond acceptors (Lipinski definition) is 2. The van der Waals surface area contributed by atoms with Crippen LogP contribution in [0.25, 0.3) is 0 Å². The van der Waals surface area contributed by atoms with Crippen molar-refractivity contribution in [3.05, 3.63) is 35.6 Å². The van der Waals surface area contributed by atoms with Gasteiger partial charge >= 0.3 is 6.18 Å². The summed E-state index contributed by atoms with van der Waals surface area (Å²) in [5.41, 5.74) is 0.540. The molecule has 0 aliphatic rings. The van der Waals surface area contributed by atoms with E-state index in [4.69, 9.17) is 0 Å². The number of hydrogen-bond donors (Lipinski definition) is 1. The smallest absolute Gasteiger partial charge is 0.307 e. The first-order valence-electron chi connectivity index (χ1n) is 6.46. The highest BCUT2D eigenvalue weighted by atomic mass is 19.4. The van der Waals surface area contributed by atoms with Crippen molar-refractivity contribution in [2.24, 2.45) is 0 Å². The lowest BCUT2D eigenvalue weighted by molar-refractivity contribution is -0.125. The van der Waals surface area contributed by atoms with Crippen LogP contribution < -0.4 is 5.32 Å². The number of benzene rings is 1. The molecule has 6 heteroatoms. The highest BCUT2D eigenvalue weighted by Gasteiger charge is 2.27. The quantitative estimate of drug-likeness (QED) is 0.809. The summed E-state index contributed by atoms with van der Waals surface area (Å²) < 4.78 is 49.9. The summed E-state index contributed by atoms with van der Waals surface area (Å²) in [6.45, 7) is 2.81. The maximum absolute atomic E-state index is 13.7. The Hall–Kier alpha value is -1.14. The van der Waals surface area contributed by atoms with Crippen molar-refractivity contribution in [3.63, 3.8) is 0 Å². The van der Waals surface area contributed by atoms with Gasteiger partial charge in [0.15, 0.2) is 0 Å². The summed E-state index contributed by atoms with van der Waals surface area (Å²) >= 11 is 0. The molecule has 0 saturated heterocycles. The van der Waals surface area contributed by atoms with Crippen molar-refractivity contribution >= 4 is 0 Å². The van der Waals surface area contributed by atoms with Crippen LogP contribution in [0.3, 0.4) is 0 Å². The third-order valence-electron chi connectivity index (χ3n) is 3.43. The van der Waals surface area contributed by atoms with Gasteiger partial charge in [0.05, 0.1) is 6.54 Å². The van der Waals surface area contributed by atoms with Crippen molar-refractivity contribution < 1.29 is 17.6 Å². The van der Waals surface area contributed by atoms with Gasteiger partial charge in [-0.2, -0.15) is 13.2 Å². The Bertz CT molecular complexity index is 420. The van der Waals surface area contributed by atoms with E-state index in [1.807, 2.05) is 11.8 Å².